The first-order valence-corrected chi connectivity index (χ1v) is 7.82. The van der Waals surface area contributed by atoms with E-state index in [1.165, 1.54) is 0 Å². The van der Waals surface area contributed by atoms with Crippen LogP contribution in [0.5, 0.6) is 5.75 Å². The lowest BCUT2D eigenvalue weighted by Gasteiger charge is -2.11. The van der Waals surface area contributed by atoms with Crippen LogP contribution in [0.25, 0.3) is 0 Å². The molecule has 0 radical (unpaired) electrons. The minimum absolute atomic E-state index is 0.0579. The molecule has 0 spiro atoms. The Morgan fingerprint density at radius 1 is 1.22 bits per heavy atom. The molecule has 0 atom stereocenters. The summed E-state index contributed by atoms with van der Waals surface area (Å²) in [6.07, 6.45) is 2.13. The van der Waals surface area contributed by atoms with Gasteiger partial charge in [-0.25, -0.2) is 8.42 Å². The van der Waals surface area contributed by atoms with Gasteiger partial charge < -0.3 is 9.84 Å². The molecule has 0 unspecified atom stereocenters. The summed E-state index contributed by atoms with van der Waals surface area (Å²) in [6.45, 7) is 2.44. The van der Waals surface area contributed by atoms with Crippen molar-refractivity contribution in [3.05, 3.63) is 24.3 Å². The van der Waals surface area contributed by atoms with Crippen LogP contribution in [0.1, 0.15) is 26.2 Å². The van der Waals surface area contributed by atoms with E-state index in [1.54, 1.807) is 24.3 Å². The van der Waals surface area contributed by atoms with Crippen LogP contribution in [-0.2, 0) is 9.84 Å². The second-order valence-electron chi connectivity index (χ2n) is 4.04. The second-order valence-corrected chi connectivity index (χ2v) is 6.12. The van der Waals surface area contributed by atoms with Crippen molar-refractivity contribution in [1.82, 2.24) is 0 Å². The lowest BCUT2D eigenvalue weighted by atomic mass is 10.3. The number of hydrogen-bond donors (Lipinski definition) is 1. The Hall–Kier alpha value is -1.07. The topological polar surface area (TPSA) is 63.6 Å². The number of rotatable bonds is 8. The highest BCUT2D eigenvalue weighted by molar-refractivity contribution is 7.91. The van der Waals surface area contributed by atoms with E-state index in [0.29, 0.717) is 12.4 Å². The zero-order valence-corrected chi connectivity index (χ0v) is 11.4. The lowest BCUT2D eigenvalue weighted by molar-refractivity contribution is 0.294. The molecular formula is C13H20O4S. The summed E-state index contributed by atoms with van der Waals surface area (Å²) in [5.41, 5.74) is 0. The maximum Gasteiger partial charge on any atom is 0.182 e. The van der Waals surface area contributed by atoms with Gasteiger partial charge in [-0.05, 0) is 25.0 Å². The van der Waals surface area contributed by atoms with Gasteiger partial charge in [-0.2, -0.15) is 0 Å². The average molecular weight is 272 g/mol. The number of ether oxygens (including phenoxy) is 1. The van der Waals surface area contributed by atoms with Crippen LogP contribution in [0.4, 0.5) is 0 Å². The Morgan fingerprint density at radius 2 is 1.94 bits per heavy atom. The summed E-state index contributed by atoms with van der Waals surface area (Å²) in [6, 6.07) is 6.65. The maximum atomic E-state index is 12.1. The predicted molar refractivity (Wildman–Crippen MR) is 70.6 cm³/mol. The Morgan fingerprint density at radius 3 is 2.61 bits per heavy atom. The molecule has 0 saturated carbocycles. The van der Waals surface area contributed by atoms with Crippen molar-refractivity contribution in [2.75, 3.05) is 19.0 Å². The molecule has 0 aliphatic carbocycles. The van der Waals surface area contributed by atoms with Crippen LogP contribution in [0.15, 0.2) is 29.2 Å². The van der Waals surface area contributed by atoms with Gasteiger partial charge in [-0.3, -0.25) is 0 Å². The molecular weight excluding hydrogens is 252 g/mol. The van der Waals surface area contributed by atoms with Gasteiger partial charge in [0.2, 0.25) is 0 Å². The Balaban J connectivity index is 2.87. The van der Waals surface area contributed by atoms with Gasteiger partial charge in [-0.15, -0.1) is 0 Å². The van der Waals surface area contributed by atoms with Crippen LogP contribution < -0.4 is 4.74 Å². The number of aliphatic hydroxyl groups excluding tert-OH is 1. The molecule has 18 heavy (non-hydrogen) atoms. The quantitative estimate of drug-likeness (QED) is 0.735. The first-order valence-electron chi connectivity index (χ1n) is 6.17. The molecule has 0 fully saturated rings. The van der Waals surface area contributed by atoms with Gasteiger partial charge >= 0.3 is 0 Å². The third kappa shape index (κ3) is 4.31. The van der Waals surface area contributed by atoms with Gasteiger partial charge in [0.05, 0.1) is 12.4 Å². The van der Waals surface area contributed by atoms with Crippen LogP contribution in [0.2, 0.25) is 0 Å². The molecule has 1 aromatic rings. The molecule has 1 N–H and O–H groups in total. The van der Waals surface area contributed by atoms with Crippen molar-refractivity contribution >= 4 is 9.84 Å². The van der Waals surface area contributed by atoms with Crippen molar-refractivity contribution < 1.29 is 18.3 Å². The molecule has 0 bridgehead atoms. The predicted octanol–water partition coefficient (Wildman–Crippen LogP) is 2.02. The van der Waals surface area contributed by atoms with Crippen molar-refractivity contribution in [3.63, 3.8) is 0 Å². The van der Waals surface area contributed by atoms with Crippen LogP contribution in [-0.4, -0.2) is 32.5 Å². The molecule has 0 saturated heterocycles. The number of unbranched alkanes of at least 4 members (excludes halogenated alkanes) is 1. The zero-order chi connectivity index (χ0) is 13.4. The minimum Gasteiger partial charge on any atom is -0.492 e. The first kappa shape index (κ1) is 15.0. The Labute approximate surface area is 109 Å². The summed E-state index contributed by atoms with van der Waals surface area (Å²) < 4.78 is 29.6. The molecule has 0 aliphatic heterocycles. The maximum absolute atomic E-state index is 12.1. The third-order valence-corrected chi connectivity index (χ3v) is 4.34. The Kier molecular flexibility index (Phi) is 6.15. The fraction of sp³-hybridized carbons (Fsp3) is 0.538. The number of benzene rings is 1. The highest BCUT2D eigenvalue weighted by Crippen LogP contribution is 2.25. The number of aliphatic hydroxyl groups is 1. The minimum atomic E-state index is -3.38. The van der Waals surface area contributed by atoms with Gasteiger partial charge in [-0.1, -0.05) is 25.5 Å². The first-order chi connectivity index (χ1) is 8.61. The van der Waals surface area contributed by atoms with E-state index in [1.807, 2.05) is 6.92 Å². The van der Waals surface area contributed by atoms with Crippen LogP contribution >= 0.6 is 0 Å². The third-order valence-electron chi connectivity index (χ3n) is 2.51. The van der Waals surface area contributed by atoms with E-state index in [9.17, 15) is 8.42 Å². The summed E-state index contributed by atoms with van der Waals surface area (Å²) in [4.78, 5) is 0.217. The Bertz CT molecular complexity index is 454. The summed E-state index contributed by atoms with van der Waals surface area (Å²) in [7, 11) is -3.38. The normalized spacial score (nSPS) is 11.4. The molecule has 5 heteroatoms. The summed E-state index contributed by atoms with van der Waals surface area (Å²) >= 11 is 0. The highest BCUT2D eigenvalue weighted by atomic mass is 32.2. The van der Waals surface area contributed by atoms with E-state index >= 15 is 0 Å². The smallest absolute Gasteiger partial charge is 0.182 e. The average Bonchev–Trinajstić information content (AvgIpc) is 2.37. The largest absolute Gasteiger partial charge is 0.492 e. The van der Waals surface area contributed by atoms with E-state index in [4.69, 9.17) is 9.84 Å². The molecule has 0 amide bonds. The monoisotopic (exact) mass is 272 g/mol. The fourth-order valence-electron chi connectivity index (χ4n) is 1.52. The van der Waals surface area contributed by atoms with Gasteiger partial charge in [0.15, 0.2) is 9.84 Å². The summed E-state index contributed by atoms with van der Waals surface area (Å²) in [5, 5.41) is 8.72. The number of hydrogen-bond acceptors (Lipinski definition) is 4. The molecule has 4 nitrogen and oxygen atoms in total. The molecule has 102 valence electrons. The SMILES string of the molecule is CCCCOc1ccccc1S(=O)(=O)CCCO. The van der Waals surface area contributed by atoms with E-state index in [0.717, 1.165) is 12.8 Å². The van der Waals surface area contributed by atoms with Crippen molar-refractivity contribution in [3.8, 4) is 5.75 Å². The zero-order valence-electron chi connectivity index (χ0n) is 10.6. The van der Waals surface area contributed by atoms with Crippen LogP contribution in [0, 0.1) is 0 Å². The highest BCUT2D eigenvalue weighted by Gasteiger charge is 2.18. The fourth-order valence-corrected chi connectivity index (χ4v) is 2.97. The molecule has 0 heterocycles. The molecule has 1 rings (SSSR count). The number of para-hydroxylation sites is 1. The molecule has 0 aromatic heterocycles. The second kappa shape index (κ2) is 7.38. The van der Waals surface area contributed by atoms with E-state index < -0.39 is 9.84 Å². The van der Waals surface area contributed by atoms with Crippen molar-refractivity contribution in [2.45, 2.75) is 31.1 Å². The number of sulfone groups is 1. The van der Waals surface area contributed by atoms with Gasteiger partial charge in [0, 0.05) is 6.61 Å². The van der Waals surface area contributed by atoms with E-state index in [2.05, 4.69) is 0 Å². The summed E-state index contributed by atoms with van der Waals surface area (Å²) in [5.74, 6) is 0.348. The standard InChI is InChI=1S/C13H20O4S/c1-2-3-10-17-12-7-4-5-8-13(12)18(15,16)11-6-9-14/h4-5,7-8,14H,2-3,6,9-11H2,1H3. The lowest BCUT2D eigenvalue weighted by Crippen LogP contribution is -2.10. The van der Waals surface area contributed by atoms with Gasteiger partial charge in [0.1, 0.15) is 10.6 Å². The van der Waals surface area contributed by atoms with Crippen LogP contribution in [0.3, 0.4) is 0 Å². The van der Waals surface area contributed by atoms with Crippen molar-refractivity contribution in [2.24, 2.45) is 0 Å². The molecule has 1 aromatic carbocycles. The van der Waals surface area contributed by atoms with Crippen molar-refractivity contribution in [1.29, 1.82) is 0 Å². The van der Waals surface area contributed by atoms with Gasteiger partial charge in [0.25, 0.3) is 0 Å². The van der Waals surface area contributed by atoms with E-state index in [-0.39, 0.29) is 23.7 Å². The molecule has 0 aliphatic rings.